The number of rotatable bonds is 2. The summed E-state index contributed by atoms with van der Waals surface area (Å²) in [6.45, 7) is 14.9. The fraction of sp³-hybridized carbons (Fsp3) is 1.00. The maximum atomic E-state index is 6.25. The molecule has 1 aliphatic rings. The molecule has 3 nitrogen and oxygen atoms in total. The fourth-order valence-electron chi connectivity index (χ4n) is 3.39. The number of nitrogens with zero attached hydrogens (tertiary/aromatic N) is 2. The quantitative estimate of drug-likeness (QED) is 0.800. The Morgan fingerprint density at radius 1 is 1.24 bits per heavy atom. The van der Waals surface area contributed by atoms with E-state index in [0.717, 1.165) is 6.54 Å². The largest absolute Gasteiger partial charge is 0.327 e. The first-order chi connectivity index (χ1) is 7.73. The number of nitrogens with two attached hydrogens (primary N) is 1. The monoisotopic (exact) mass is 241 g/mol. The van der Waals surface area contributed by atoms with Crippen LogP contribution in [0.5, 0.6) is 0 Å². The van der Waals surface area contributed by atoms with Crippen molar-refractivity contribution in [3.8, 4) is 0 Å². The van der Waals surface area contributed by atoms with E-state index in [1.54, 1.807) is 0 Å². The van der Waals surface area contributed by atoms with Crippen molar-refractivity contribution in [2.45, 2.75) is 59.2 Å². The Balaban J connectivity index is 2.86. The van der Waals surface area contributed by atoms with Gasteiger partial charge in [0.25, 0.3) is 0 Å². The number of hydrogen-bond donors (Lipinski definition) is 1. The molecule has 1 rings (SSSR count). The Bertz CT molecular complexity index is 232. The van der Waals surface area contributed by atoms with Crippen molar-refractivity contribution in [3.05, 3.63) is 0 Å². The molecule has 3 heteroatoms. The lowest BCUT2D eigenvalue weighted by molar-refractivity contribution is 0.0518. The normalized spacial score (nSPS) is 28.8. The van der Waals surface area contributed by atoms with Crippen LogP contribution in [0, 0.1) is 5.41 Å². The van der Waals surface area contributed by atoms with Crippen molar-refractivity contribution in [1.29, 1.82) is 0 Å². The van der Waals surface area contributed by atoms with Crippen LogP contribution in [0.15, 0.2) is 0 Å². The first-order valence-corrected chi connectivity index (χ1v) is 6.93. The van der Waals surface area contributed by atoms with Crippen molar-refractivity contribution in [3.63, 3.8) is 0 Å². The van der Waals surface area contributed by atoms with Crippen molar-refractivity contribution < 1.29 is 0 Å². The molecule has 1 aliphatic heterocycles. The highest BCUT2D eigenvalue weighted by atomic mass is 15.3. The molecule has 3 unspecified atom stereocenters. The van der Waals surface area contributed by atoms with E-state index < -0.39 is 0 Å². The average molecular weight is 241 g/mol. The van der Waals surface area contributed by atoms with Gasteiger partial charge in [0.1, 0.15) is 0 Å². The van der Waals surface area contributed by atoms with E-state index in [-0.39, 0.29) is 11.5 Å². The summed E-state index contributed by atoms with van der Waals surface area (Å²) >= 11 is 0. The topological polar surface area (TPSA) is 32.5 Å². The van der Waals surface area contributed by atoms with E-state index in [1.807, 2.05) is 0 Å². The van der Waals surface area contributed by atoms with E-state index in [2.05, 4.69) is 51.5 Å². The third kappa shape index (κ3) is 3.94. The summed E-state index contributed by atoms with van der Waals surface area (Å²) in [5.74, 6) is 0. The third-order valence-electron chi connectivity index (χ3n) is 3.84. The van der Waals surface area contributed by atoms with Gasteiger partial charge in [-0.1, -0.05) is 20.8 Å². The highest BCUT2D eigenvalue weighted by Crippen LogP contribution is 2.29. The van der Waals surface area contributed by atoms with Gasteiger partial charge in [0.15, 0.2) is 0 Å². The molecule has 0 radical (unpaired) electrons. The molecule has 3 atom stereocenters. The van der Waals surface area contributed by atoms with Gasteiger partial charge in [-0.05, 0) is 39.3 Å². The molecule has 1 heterocycles. The predicted octanol–water partition coefficient (Wildman–Crippen LogP) is 1.77. The molecule has 0 aromatic rings. The molecular weight excluding hydrogens is 210 g/mol. The van der Waals surface area contributed by atoms with Crippen molar-refractivity contribution in [2.24, 2.45) is 11.1 Å². The Morgan fingerprint density at radius 2 is 1.82 bits per heavy atom. The zero-order chi connectivity index (χ0) is 13.2. The SMILES string of the molecule is CC(N)C(N1CCCN(C)CC1C)C(C)(C)C. The minimum atomic E-state index is 0.223. The molecule has 1 saturated heterocycles. The molecule has 0 spiro atoms. The first kappa shape index (κ1) is 14.9. The van der Waals surface area contributed by atoms with Crippen LogP contribution < -0.4 is 5.73 Å². The zero-order valence-electron chi connectivity index (χ0n) is 12.5. The van der Waals surface area contributed by atoms with Crippen molar-refractivity contribution in [2.75, 3.05) is 26.7 Å². The van der Waals surface area contributed by atoms with Gasteiger partial charge in [0.2, 0.25) is 0 Å². The summed E-state index contributed by atoms with van der Waals surface area (Å²) in [6, 6.07) is 1.28. The second-order valence-corrected chi connectivity index (χ2v) is 6.87. The number of hydrogen-bond acceptors (Lipinski definition) is 3. The van der Waals surface area contributed by atoms with Gasteiger partial charge in [0.05, 0.1) is 0 Å². The summed E-state index contributed by atoms with van der Waals surface area (Å²) in [6.07, 6.45) is 1.25. The lowest BCUT2D eigenvalue weighted by Crippen LogP contribution is -2.57. The van der Waals surface area contributed by atoms with Crippen LogP contribution in [0.2, 0.25) is 0 Å². The smallest absolute Gasteiger partial charge is 0.0296 e. The average Bonchev–Trinajstić information content (AvgIpc) is 2.26. The standard InChI is InChI=1S/C14H31N3/c1-11-10-16(6)8-7-9-17(11)13(12(2)15)14(3,4)5/h11-13H,7-10,15H2,1-6H3. The Labute approximate surface area is 107 Å². The van der Waals surface area contributed by atoms with Crippen LogP contribution in [0.4, 0.5) is 0 Å². The van der Waals surface area contributed by atoms with Crippen LogP contribution in [0.3, 0.4) is 0 Å². The van der Waals surface area contributed by atoms with Gasteiger partial charge in [-0.25, -0.2) is 0 Å². The zero-order valence-corrected chi connectivity index (χ0v) is 12.5. The van der Waals surface area contributed by atoms with E-state index in [1.165, 1.54) is 19.5 Å². The first-order valence-electron chi connectivity index (χ1n) is 6.93. The molecule has 2 N–H and O–H groups in total. The molecule has 17 heavy (non-hydrogen) atoms. The van der Waals surface area contributed by atoms with Gasteiger partial charge < -0.3 is 10.6 Å². The minimum absolute atomic E-state index is 0.223. The molecule has 0 aliphatic carbocycles. The van der Waals surface area contributed by atoms with Crippen LogP contribution in [0.1, 0.15) is 41.0 Å². The molecule has 1 fully saturated rings. The minimum Gasteiger partial charge on any atom is -0.327 e. The van der Waals surface area contributed by atoms with Gasteiger partial charge >= 0.3 is 0 Å². The van der Waals surface area contributed by atoms with Crippen LogP contribution in [0.25, 0.3) is 0 Å². The van der Waals surface area contributed by atoms with E-state index >= 15 is 0 Å². The lowest BCUT2D eigenvalue weighted by Gasteiger charge is -2.45. The van der Waals surface area contributed by atoms with Crippen LogP contribution >= 0.6 is 0 Å². The van der Waals surface area contributed by atoms with Gasteiger partial charge in [-0.15, -0.1) is 0 Å². The summed E-state index contributed by atoms with van der Waals surface area (Å²) < 4.78 is 0. The predicted molar refractivity (Wildman–Crippen MR) is 75.2 cm³/mol. The van der Waals surface area contributed by atoms with Crippen LogP contribution in [-0.2, 0) is 0 Å². The molecular formula is C14H31N3. The molecule has 0 aromatic heterocycles. The Kier molecular flexibility index (Phi) is 4.99. The molecule has 0 amide bonds. The van der Waals surface area contributed by atoms with Gasteiger partial charge in [-0.3, -0.25) is 4.90 Å². The second-order valence-electron chi connectivity index (χ2n) is 6.87. The van der Waals surface area contributed by atoms with Crippen molar-refractivity contribution >= 4 is 0 Å². The van der Waals surface area contributed by atoms with Crippen molar-refractivity contribution in [1.82, 2.24) is 9.80 Å². The molecule has 102 valence electrons. The van der Waals surface area contributed by atoms with Crippen LogP contribution in [-0.4, -0.2) is 54.6 Å². The third-order valence-corrected chi connectivity index (χ3v) is 3.84. The summed E-state index contributed by atoms with van der Waals surface area (Å²) in [4.78, 5) is 5.07. The Morgan fingerprint density at radius 3 is 2.29 bits per heavy atom. The fourth-order valence-corrected chi connectivity index (χ4v) is 3.39. The summed E-state index contributed by atoms with van der Waals surface area (Å²) in [5, 5.41) is 0. The van der Waals surface area contributed by atoms with Gasteiger partial charge in [-0.2, -0.15) is 0 Å². The molecule has 0 aromatic carbocycles. The maximum absolute atomic E-state index is 6.25. The Hall–Kier alpha value is -0.120. The second kappa shape index (κ2) is 5.68. The summed E-state index contributed by atoms with van der Waals surface area (Å²) in [7, 11) is 2.22. The van der Waals surface area contributed by atoms with E-state index in [4.69, 9.17) is 5.73 Å². The van der Waals surface area contributed by atoms with E-state index in [9.17, 15) is 0 Å². The molecule has 0 saturated carbocycles. The highest BCUT2D eigenvalue weighted by molar-refractivity contribution is 4.92. The van der Waals surface area contributed by atoms with E-state index in [0.29, 0.717) is 12.1 Å². The maximum Gasteiger partial charge on any atom is 0.0296 e. The summed E-state index contributed by atoms with van der Waals surface area (Å²) in [5.41, 5.74) is 6.49. The highest BCUT2D eigenvalue weighted by Gasteiger charge is 2.36. The lowest BCUT2D eigenvalue weighted by atomic mass is 9.81. The molecule has 0 bridgehead atoms. The number of likely N-dealkylation sites (N-methyl/N-ethyl adjacent to an activating group) is 1. The van der Waals surface area contributed by atoms with Gasteiger partial charge in [0, 0.05) is 31.2 Å².